The van der Waals surface area contributed by atoms with Crippen LogP contribution in [-0.2, 0) is 9.53 Å². The van der Waals surface area contributed by atoms with Crippen molar-refractivity contribution in [2.24, 2.45) is 11.8 Å². The second kappa shape index (κ2) is 7.11. The van der Waals surface area contributed by atoms with Gasteiger partial charge in [-0.15, -0.1) is 0 Å². The first kappa shape index (κ1) is 16.1. The molecule has 0 radical (unpaired) electrons. The molecule has 2 fully saturated rings. The Hall–Kier alpha value is -1.30. The standard InChI is InChI=1S/C15H26N2O4/c1-3-7-17(13-9-21-8-11(13)14(18)19)15(20)16-12-6-4-5-10(12)2/h10-13H,3-9H2,1-2H3,(H,16,20)(H,18,19). The number of carbonyl (C=O) groups excluding carboxylic acids is 1. The van der Waals surface area contributed by atoms with E-state index in [0.717, 1.165) is 25.7 Å². The minimum Gasteiger partial charge on any atom is -0.481 e. The lowest BCUT2D eigenvalue weighted by Crippen LogP contribution is -2.53. The van der Waals surface area contributed by atoms with Gasteiger partial charge in [-0.1, -0.05) is 20.3 Å². The van der Waals surface area contributed by atoms with Gasteiger partial charge in [-0.3, -0.25) is 4.79 Å². The van der Waals surface area contributed by atoms with Gasteiger partial charge >= 0.3 is 12.0 Å². The van der Waals surface area contributed by atoms with E-state index in [2.05, 4.69) is 12.2 Å². The van der Waals surface area contributed by atoms with E-state index in [9.17, 15) is 14.7 Å². The van der Waals surface area contributed by atoms with Gasteiger partial charge < -0.3 is 20.1 Å². The molecule has 4 atom stereocenters. The van der Waals surface area contributed by atoms with Gasteiger partial charge in [0.05, 0.1) is 19.3 Å². The van der Waals surface area contributed by atoms with Crippen molar-refractivity contribution in [1.29, 1.82) is 0 Å². The maximum absolute atomic E-state index is 12.6. The molecule has 0 aromatic rings. The second-order valence-corrected chi connectivity index (χ2v) is 6.21. The summed E-state index contributed by atoms with van der Waals surface area (Å²) < 4.78 is 5.30. The van der Waals surface area contributed by atoms with E-state index in [1.54, 1.807) is 4.90 Å². The van der Waals surface area contributed by atoms with Gasteiger partial charge in [0.15, 0.2) is 0 Å². The van der Waals surface area contributed by atoms with Crippen LogP contribution in [0.1, 0.15) is 39.5 Å². The van der Waals surface area contributed by atoms with Crippen molar-refractivity contribution < 1.29 is 19.4 Å². The first-order valence-electron chi connectivity index (χ1n) is 7.92. The number of nitrogens with zero attached hydrogens (tertiary/aromatic N) is 1. The summed E-state index contributed by atoms with van der Waals surface area (Å²) in [6, 6.07) is -0.293. The fourth-order valence-electron chi connectivity index (χ4n) is 3.35. The maximum atomic E-state index is 12.6. The Kier molecular flexibility index (Phi) is 5.45. The quantitative estimate of drug-likeness (QED) is 0.809. The number of hydrogen-bond acceptors (Lipinski definition) is 3. The Labute approximate surface area is 125 Å². The highest BCUT2D eigenvalue weighted by atomic mass is 16.5. The number of hydrogen-bond donors (Lipinski definition) is 2. The molecular formula is C15H26N2O4. The number of aliphatic carboxylic acids is 1. The van der Waals surface area contributed by atoms with Crippen LogP contribution in [0.25, 0.3) is 0 Å². The number of carbonyl (C=O) groups is 2. The van der Waals surface area contributed by atoms with Crippen LogP contribution in [0.4, 0.5) is 4.79 Å². The Balaban J connectivity index is 2.03. The van der Waals surface area contributed by atoms with Crippen molar-refractivity contribution >= 4 is 12.0 Å². The lowest BCUT2D eigenvalue weighted by atomic mass is 10.0. The topological polar surface area (TPSA) is 78.9 Å². The highest BCUT2D eigenvalue weighted by molar-refractivity contribution is 5.77. The molecule has 120 valence electrons. The van der Waals surface area contributed by atoms with Gasteiger partial charge in [0.1, 0.15) is 5.92 Å². The SMILES string of the molecule is CCCN(C(=O)NC1CCCC1C)C1COCC1C(=O)O. The van der Waals surface area contributed by atoms with Crippen LogP contribution >= 0.6 is 0 Å². The molecule has 0 spiro atoms. The van der Waals surface area contributed by atoms with Crippen LogP contribution in [0.15, 0.2) is 0 Å². The van der Waals surface area contributed by atoms with Crippen LogP contribution in [0.2, 0.25) is 0 Å². The Morgan fingerprint density at radius 1 is 1.33 bits per heavy atom. The minimum atomic E-state index is -0.888. The normalized spacial score (nSPS) is 32.1. The van der Waals surface area contributed by atoms with E-state index in [-0.39, 0.29) is 24.7 Å². The first-order valence-corrected chi connectivity index (χ1v) is 7.92. The average Bonchev–Trinajstić information content (AvgIpc) is 3.06. The molecule has 1 aliphatic carbocycles. The summed E-state index contributed by atoms with van der Waals surface area (Å²) >= 11 is 0. The highest BCUT2D eigenvalue weighted by Crippen LogP contribution is 2.26. The third-order valence-corrected chi connectivity index (χ3v) is 4.66. The van der Waals surface area contributed by atoms with Crippen molar-refractivity contribution in [1.82, 2.24) is 10.2 Å². The van der Waals surface area contributed by atoms with Crippen LogP contribution in [0.5, 0.6) is 0 Å². The predicted octanol–water partition coefficient (Wildman–Crippen LogP) is 1.70. The molecule has 0 bridgehead atoms. The van der Waals surface area contributed by atoms with Crippen molar-refractivity contribution in [3.63, 3.8) is 0 Å². The first-order chi connectivity index (χ1) is 10.0. The number of nitrogens with one attached hydrogen (secondary N) is 1. The number of ether oxygens (including phenoxy) is 1. The monoisotopic (exact) mass is 298 g/mol. The third kappa shape index (κ3) is 3.67. The van der Waals surface area contributed by atoms with Crippen LogP contribution in [0.3, 0.4) is 0 Å². The zero-order valence-electron chi connectivity index (χ0n) is 12.9. The van der Waals surface area contributed by atoms with E-state index in [4.69, 9.17) is 4.74 Å². The summed E-state index contributed by atoms with van der Waals surface area (Å²) in [5, 5.41) is 12.4. The Morgan fingerprint density at radius 3 is 2.67 bits per heavy atom. The van der Waals surface area contributed by atoms with E-state index in [0.29, 0.717) is 19.1 Å². The molecule has 2 amide bonds. The van der Waals surface area contributed by atoms with Gasteiger partial charge in [0.2, 0.25) is 0 Å². The number of carboxylic acids is 1. The fourth-order valence-corrected chi connectivity index (χ4v) is 3.35. The third-order valence-electron chi connectivity index (χ3n) is 4.66. The second-order valence-electron chi connectivity index (χ2n) is 6.21. The highest BCUT2D eigenvalue weighted by Gasteiger charge is 2.40. The van der Waals surface area contributed by atoms with E-state index >= 15 is 0 Å². The Morgan fingerprint density at radius 2 is 2.10 bits per heavy atom. The number of urea groups is 1. The molecule has 2 aliphatic rings. The lowest BCUT2D eigenvalue weighted by Gasteiger charge is -2.32. The molecule has 6 heteroatoms. The predicted molar refractivity (Wildman–Crippen MR) is 78.1 cm³/mol. The molecule has 2 N–H and O–H groups in total. The van der Waals surface area contributed by atoms with Crippen molar-refractivity contribution in [2.75, 3.05) is 19.8 Å². The molecule has 1 saturated heterocycles. The van der Waals surface area contributed by atoms with Crippen LogP contribution in [-0.4, -0.2) is 53.8 Å². The average molecular weight is 298 g/mol. The Bertz CT molecular complexity index is 388. The number of carboxylic acid groups (broad SMARTS) is 1. The van der Waals surface area contributed by atoms with Crippen LogP contribution in [0, 0.1) is 11.8 Å². The van der Waals surface area contributed by atoms with Gasteiger partial charge in [-0.05, 0) is 25.2 Å². The molecule has 4 unspecified atom stereocenters. The zero-order valence-corrected chi connectivity index (χ0v) is 12.9. The zero-order chi connectivity index (χ0) is 15.4. The van der Waals surface area contributed by atoms with E-state index in [1.165, 1.54) is 0 Å². The minimum absolute atomic E-state index is 0.141. The van der Waals surface area contributed by atoms with Gasteiger partial charge in [-0.2, -0.15) is 0 Å². The molecule has 1 saturated carbocycles. The number of amides is 2. The van der Waals surface area contributed by atoms with Crippen molar-refractivity contribution in [2.45, 2.75) is 51.6 Å². The van der Waals surface area contributed by atoms with Crippen molar-refractivity contribution in [3.8, 4) is 0 Å². The summed E-state index contributed by atoms with van der Waals surface area (Å²) in [4.78, 5) is 25.5. The lowest BCUT2D eigenvalue weighted by molar-refractivity contribution is -0.142. The smallest absolute Gasteiger partial charge is 0.317 e. The fraction of sp³-hybridized carbons (Fsp3) is 0.867. The molecule has 1 heterocycles. The van der Waals surface area contributed by atoms with Gasteiger partial charge in [0.25, 0.3) is 0 Å². The summed E-state index contributed by atoms with van der Waals surface area (Å²) in [5.74, 6) is -1.02. The molecule has 2 rings (SSSR count). The molecular weight excluding hydrogens is 272 g/mol. The molecule has 21 heavy (non-hydrogen) atoms. The van der Waals surface area contributed by atoms with E-state index in [1.807, 2.05) is 6.92 Å². The molecule has 6 nitrogen and oxygen atoms in total. The van der Waals surface area contributed by atoms with E-state index < -0.39 is 11.9 Å². The largest absolute Gasteiger partial charge is 0.481 e. The summed E-state index contributed by atoms with van der Waals surface area (Å²) in [5.41, 5.74) is 0. The van der Waals surface area contributed by atoms with Crippen molar-refractivity contribution in [3.05, 3.63) is 0 Å². The van der Waals surface area contributed by atoms with Gasteiger partial charge in [0, 0.05) is 12.6 Å². The van der Waals surface area contributed by atoms with Crippen LogP contribution < -0.4 is 5.32 Å². The number of rotatable bonds is 5. The summed E-state index contributed by atoms with van der Waals surface area (Å²) in [7, 11) is 0. The summed E-state index contributed by atoms with van der Waals surface area (Å²) in [6.07, 6.45) is 4.10. The molecule has 0 aromatic carbocycles. The molecule has 0 aromatic heterocycles. The molecule has 1 aliphatic heterocycles. The van der Waals surface area contributed by atoms with Gasteiger partial charge in [-0.25, -0.2) is 4.79 Å². The maximum Gasteiger partial charge on any atom is 0.317 e. The summed E-state index contributed by atoms with van der Waals surface area (Å²) in [6.45, 7) is 5.20.